The van der Waals surface area contributed by atoms with Gasteiger partial charge in [0.2, 0.25) is 5.91 Å². The lowest BCUT2D eigenvalue weighted by molar-refractivity contribution is -0.115. The molecule has 1 aliphatic carbocycles. The minimum atomic E-state index is -0.393. The minimum Gasteiger partial charge on any atom is -0.465 e. The van der Waals surface area contributed by atoms with Gasteiger partial charge in [-0.05, 0) is 78.4 Å². The third-order valence-electron chi connectivity index (χ3n) is 7.46. The molecule has 2 fully saturated rings. The Bertz CT molecular complexity index is 1300. The lowest BCUT2D eigenvalue weighted by Gasteiger charge is -2.36. The number of hydrogen-bond donors (Lipinski definition) is 0. The van der Waals surface area contributed by atoms with Crippen LogP contribution < -0.4 is 4.90 Å². The second-order valence-electron chi connectivity index (χ2n) is 9.40. The highest BCUT2D eigenvalue weighted by Gasteiger charge is 2.43. The van der Waals surface area contributed by atoms with Gasteiger partial charge < -0.3 is 4.74 Å². The Balaban J connectivity index is 1.71. The van der Waals surface area contributed by atoms with Crippen LogP contribution in [0.3, 0.4) is 0 Å². The highest BCUT2D eigenvalue weighted by Crippen LogP contribution is 2.52. The second-order valence-corrected chi connectivity index (χ2v) is 10.9. The van der Waals surface area contributed by atoms with Crippen molar-refractivity contribution in [2.45, 2.75) is 43.4 Å². The van der Waals surface area contributed by atoms with Crippen molar-refractivity contribution in [3.05, 3.63) is 99.3 Å². The van der Waals surface area contributed by atoms with E-state index >= 15 is 0 Å². The van der Waals surface area contributed by atoms with Crippen LogP contribution in [0.2, 0.25) is 5.02 Å². The smallest absolute Gasteiger partial charge is 0.338 e. The Morgan fingerprint density at radius 2 is 1.72 bits per heavy atom. The normalized spacial score (nSPS) is 19.1. The van der Waals surface area contributed by atoms with Crippen molar-refractivity contribution in [1.82, 2.24) is 0 Å². The molecular weight excluding hydrogens is 497 g/mol. The molecule has 0 bridgehead atoms. The van der Waals surface area contributed by atoms with E-state index in [0.29, 0.717) is 16.3 Å². The number of thioether (sulfide) groups is 1. The van der Waals surface area contributed by atoms with Gasteiger partial charge in [0.05, 0.1) is 18.4 Å². The number of carbonyl (C=O) groups excluding carboxylic acids is 2. The first kappa shape index (κ1) is 24.8. The van der Waals surface area contributed by atoms with Crippen molar-refractivity contribution in [1.29, 1.82) is 0 Å². The van der Waals surface area contributed by atoms with Gasteiger partial charge in [0.15, 0.2) is 0 Å². The number of hydrogen-bond acceptors (Lipinski definition) is 4. The van der Waals surface area contributed by atoms with Gasteiger partial charge in [0.25, 0.3) is 0 Å². The van der Waals surface area contributed by atoms with E-state index in [1.165, 1.54) is 31.0 Å². The Morgan fingerprint density at radius 1 is 1.06 bits per heavy atom. The lowest BCUT2D eigenvalue weighted by Crippen LogP contribution is -2.32. The predicted molar refractivity (Wildman–Crippen MR) is 142 cm³/mol. The van der Waals surface area contributed by atoms with Gasteiger partial charge in [-0.25, -0.2) is 9.18 Å². The summed E-state index contributed by atoms with van der Waals surface area (Å²) in [6.45, 7) is 1.99. The van der Waals surface area contributed by atoms with E-state index in [1.54, 1.807) is 23.1 Å². The third kappa shape index (κ3) is 4.20. The lowest BCUT2D eigenvalue weighted by atomic mass is 9.69. The molecule has 3 aromatic carbocycles. The average molecular weight is 524 g/mol. The zero-order chi connectivity index (χ0) is 25.4. The number of methoxy groups -OCH3 is 1. The number of halogens is 2. The van der Waals surface area contributed by atoms with E-state index < -0.39 is 11.4 Å². The summed E-state index contributed by atoms with van der Waals surface area (Å²) in [5.74, 6) is -0.386. The molecule has 7 heteroatoms. The topological polar surface area (TPSA) is 46.6 Å². The molecule has 1 unspecified atom stereocenters. The van der Waals surface area contributed by atoms with E-state index in [4.69, 9.17) is 16.3 Å². The Hall–Kier alpha value is -2.83. The molecule has 2 aliphatic rings. The van der Waals surface area contributed by atoms with Crippen LogP contribution in [0.4, 0.5) is 10.1 Å². The van der Waals surface area contributed by atoms with E-state index in [-0.39, 0.29) is 17.1 Å². The first-order valence-electron chi connectivity index (χ1n) is 12.0. The Kier molecular flexibility index (Phi) is 6.84. The number of carbonyl (C=O) groups is 2. The SMILES string of the molecule is COC(=O)c1ccc(N2C(=O)CSC2c2ccc(F)cc2)c(C)c1C1(c2ccc(Cl)cc2)CCCC1. The Morgan fingerprint density at radius 3 is 2.36 bits per heavy atom. The van der Waals surface area contributed by atoms with Crippen molar-refractivity contribution < 1.29 is 18.7 Å². The van der Waals surface area contributed by atoms with Gasteiger partial charge in [-0.15, -0.1) is 11.8 Å². The molecule has 1 heterocycles. The van der Waals surface area contributed by atoms with Crippen molar-refractivity contribution in [2.24, 2.45) is 0 Å². The van der Waals surface area contributed by atoms with Crippen LogP contribution in [0.1, 0.15) is 63.7 Å². The summed E-state index contributed by atoms with van der Waals surface area (Å²) in [6.07, 6.45) is 3.83. The molecule has 1 saturated heterocycles. The molecule has 1 amide bonds. The fourth-order valence-electron chi connectivity index (χ4n) is 5.85. The fourth-order valence-corrected chi connectivity index (χ4v) is 7.14. The third-order valence-corrected chi connectivity index (χ3v) is 8.92. The maximum atomic E-state index is 13.6. The van der Waals surface area contributed by atoms with Gasteiger partial charge in [-0.2, -0.15) is 0 Å². The molecule has 0 N–H and O–H groups in total. The largest absolute Gasteiger partial charge is 0.465 e. The molecular formula is C29H27ClFNO3S. The second kappa shape index (κ2) is 9.91. The van der Waals surface area contributed by atoms with E-state index in [0.717, 1.165) is 53.6 Å². The molecule has 36 heavy (non-hydrogen) atoms. The number of ether oxygens (including phenoxy) is 1. The van der Waals surface area contributed by atoms with Gasteiger partial charge in [0, 0.05) is 16.1 Å². The number of anilines is 1. The molecule has 0 aromatic heterocycles. The van der Waals surface area contributed by atoms with Crippen molar-refractivity contribution in [2.75, 3.05) is 17.8 Å². The first-order chi connectivity index (χ1) is 17.4. The van der Waals surface area contributed by atoms with Crippen molar-refractivity contribution in [3.8, 4) is 0 Å². The van der Waals surface area contributed by atoms with E-state index in [1.807, 2.05) is 37.3 Å². The summed E-state index contributed by atoms with van der Waals surface area (Å²) in [7, 11) is 1.39. The van der Waals surface area contributed by atoms with Crippen LogP contribution in [0.25, 0.3) is 0 Å². The van der Waals surface area contributed by atoms with Crippen LogP contribution in [-0.2, 0) is 14.9 Å². The minimum absolute atomic E-state index is 0.0128. The molecule has 1 aliphatic heterocycles. The van der Waals surface area contributed by atoms with Gasteiger partial charge in [-0.1, -0.05) is 48.7 Å². The molecule has 5 rings (SSSR count). The molecule has 1 saturated carbocycles. The number of benzene rings is 3. The van der Waals surface area contributed by atoms with E-state index in [2.05, 4.69) is 0 Å². The molecule has 4 nitrogen and oxygen atoms in total. The highest BCUT2D eigenvalue weighted by atomic mass is 35.5. The average Bonchev–Trinajstić information content (AvgIpc) is 3.52. The molecule has 0 spiro atoms. The molecule has 3 aromatic rings. The fraction of sp³-hybridized carbons (Fsp3) is 0.310. The van der Waals surface area contributed by atoms with Gasteiger partial charge in [0.1, 0.15) is 11.2 Å². The first-order valence-corrected chi connectivity index (χ1v) is 13.5. The summed E-state index contributed by atoms with van der Waals surface area (Å²) >= 11 is 7.73. The molecule has 186 valence electrons. The van der Waals surface area contributed by atoms with Gasteiger partial charge >= 0.3 is 5.97 Å². The van der Waals surface area contributed by atoms with Crippen LogP contribution in [0.15, 0.2) is 60.7 Å². The monoisotopic (exact) mass is 523 g/mol. The Labute approximate surface area is 219 Å². The molecule has 0 radical (unpaired) electrons. The van der Waals surface area contributed by atoms with E-state index in [9.17, 15) is 14.0 Å². The molecule has 1 atom stereocenters. The zero-order valence-corrected chi connectivity index (χ0v) is 21.8. The standard InChI is InChI=1S/C29H27ClFNO3S/c1-18-24(32-25(33)17-36-27(32)19-5-11-22(31)12-6-19)14-13-23(28(34)35-2)26(18)29(15-3-4-16-29)20-7-9-21(30)10-8-20/h5-14,27H,3-4,15-17H2,1-2H3. The van der Waals surface area contributed by atoms with Crippen LogP contribution in [0.5, 0.6) is 0 Å². The summed E-state index contributed by atoms with van der Waals surface area (Å²) in [6, 6.07) is 17.8. The number of esters is 1. The predicted octanol–water partition coefficient (Wildman–Crippen LogP) is 7.21. The number of rotatable bonds is 5. The zero-order valence-electron chi connectivity index (χ0n) is 20.2. The summed E-state index contributed by atoms with van der Waals surface area (Å²) in [5, 5.41) is 0.385. The van der Waals surface area contributed by atoms with Crippen molar-refractivity contribution in [3.63, 3.8) is 0 Å². The summed E-state index contributed by atoms with van der Waals surface area (Å²) < 4.78 is 18.8. The van der Waals surface area contributed by atoms with Gasteiger partial charge in [-0.3, -0.25) is 9.69 Å². The maximum absolute atomic E-state index is 13.6. The number of amides is 1. The maximum Gasteiger partial charge on any atom is 0.338 e. The summed E-state index contributed by atoms with van der Waals surface area (Å²) in [4.78, 5) is 28.0. The van der Waals surface area contributed by atoms with Crippen LogP contribution in [-0.4, -0.2) is 24.7 Å². The number of nitrogens with zero attached hydrogens (tertiary/aromatic N) is 1. The highest BCUT2D eigenvalue weighted by molar-refractivity contribution is 8.00. The summed E-state index contributed by atoms with van der Waals surface area (Å²) in [5.41, 5.74) is 4.66. The quantitative estimate of drug-likeness (QED) is 0.331. The van der Waals surface area contributed by atoms with Crippen molar-refractivity contribution >= 4 is 40.9 Å². The van der Waals surface area contributed by atoms with Crippen LogP contribution >= 0.6 is 23.4 Å². The van der Waals surface area contributed by atoms with Crippen LogP contribution in [0, 0.1) is 12.7 Å².